The second-order valence-corrected chi connectivity index (χ2v) is 5.99. The third-order valence-corrected chi connectivity index (χ3v) is 4.94. The van der Waals surface area contributed by atoms with E-state index in [1.165, 1.54) is 10.4 Å². The highest BCUT2D eigenvalue weighted by molar-refractivity contribution is 7.10. The average Bonchev–Trinajstić information content (AvgIpc) is 2.96. The predicted octanol–water partition coefficient (Wildman–Crippen LogP) is 3.07. The molecule has 1 aromatic heterocycles. The number of rotatable bonds is 3. The Labute approximate surface area is 126 Å². The first-order chi connectivity index (χ1) is 10.1. The number of anilines is 2. The van der Waals surface area contributed by atoms with E-state index in [9.17, 15) is 10.1 Å². The molecule has 0 radical (unpaired) electrons. The molecule has 21 heavy (non-hydrogen) atoms. The smallest absolute Gasteiger partial charge is 0.316 e. The minimum Gasteiger partial charge on any atom is -0.359 e. The van der Waals surface area contributed by atoms with Gasteiger partial charge >= 0.3 is 5.69 Å². The Morgan fingerprint density at radius 2 is 2.29 bits per heavy atom. The van der Waals surface area contributed by atoms with Gasteiger partial charge in [0.05, 0.1) is 11.0 Å². The molecule has 1 unspecified atom stereocenters. The van der Waals surface area contributed by atoms with Crippen molar-refractivity contribution in [1.82, 2.24) is 0 Å². The predicted molar refractivity (Wildman–Crippen MR) is 84.7 cm³/mol. The van der Waals surface area contributed by atoms with Crippen LogP contribution in [0.4, 0.5) is 17.1 Å². The second-order valence-electron chi connectivity index (χ2n) is 4.99. The first kappa shape index (κ1) is 13.8. The van der Waals surface area contributed by atoms with Crippen LogP contribution in [0.5, 0.6) is 0 Å². The molecule has 1 aliphatic heterocycles. The summed E-state index contributed by atoms with van der Waals surface area (Å²) in [7, 11) is 0. The van der Waals surface area contributed by atoms with Gasteiger partial charge in [0.2, 0.25) is 0 Å². The van der Waals surface area contributed by atoms with Gasteiger partial charge in [-0.3, -0.25) is 16.0 Å². The van der Waals surface area contributed by atoms with Gasteiger partial charge in [0.15, 0.2) is 0 Å². The van der Waals surface area contributed by atoms with Gasteiger partial charge in [-0.2, -0.15) is 0 Å². The van der Waals surface area contributed by atoms with Crippen molar-refractivity contribution in [2.75, 3.05) is 16.9 Å². The molecular weight excluding hydrogens is 288 g/mol. The molecule has 2 heterocycles. The van der Waals surface area contributed by atoms with Gasteiger partial charge < -0.3 is 10.3 Å². The number of hydrazine groups is 1. The lowest BCUT2D eigenvalue weighted by Gasteiger charge is -2.35. The highest BCUT2D eigenvalue weighted by Gasteiger charge is 2.30. The zero-order valence-electron chi connectivity index (χ0n) is 11.6. The Morgan fingerprint density at radius 1 is 1.48 bits per heavy atom. The van der Waals surface area contributed by atoms with E-state index in [0.717, 1.165) is 13.0 Å². The molecule has 1 atom stereocenters. The van der Waals surface area contributed by atoms with Crippen LogP contribution in [0.15, 0.2) is 29.6 Å². The van der Waals surface area contributed by atoms with Crippen molar-refractivity contribution in [3.63, 3.8) is 0 Å². The molecule has 1 aromatic carbocycles. The molecule has 3 rings (SSSR count). The third kappa shape index (κ3) is 2.24. The Bertz CT molecular complexity index is 685. The second kappa shape index (κ2) is 5.34. The number of hydrogen-bond acceptors (Lipinski definition) is 6. The highest BCUT2D eigenvalue weighted by atomic mass is 32.1. The zero-order chi connectivity index (χ0) is 15.0. The minimum absolute atomic E-state index is 0.0329. The van der Waals surface area contributed by atoms with Gasteiger partial charge in [0, 0.05) is 11.4 Å². The Kier molecular flexibility index (Phi) is 3.52. The Hall–Kier alpha value is -2.12. The number of nitro benzene ring substituents is 1. The maximum absolute atomic E-state index is 11.4. The molecule has 7 heteroatoms. The monoisotopic (exact) mass is 304 g/mol. The van der Waals surface area contributed by atoms with E-state index >= 15 is 0 Å². The van der Waals surface area contributed by atoms with Crippen LogP contribution in [0.25, 0.3) is 0 Å². The van der Waals surface area contributed by atoms with Crippen LogP contribution in [0.1, 0.15) is 23.4 Å². The number of benzene rings is 1. The normalized spacial score (nSPS) is 17.4. The molecular formula is C14H16N4O2S. The molecule has 110 valence electrons. The summed E-state index contributed by atoms with van der Waals surface area (Å²) >= 11 is 1.75. The van der Waals surface area contributed by atoms with Crippen molar-refractivity contribution in [3.8, 4) is 0 Å². The lowest BCUT2D eigenvalue weighted by molar-refractivity contribution is -0.383. The SMILES string of the molecule is CC1c2ccsc2CCN1c1cccc(NN)c1[N+](=O)[O-]. The van der Waals surface area contributed by atoms with Gasteiger partial charge in [0.25, 0.3) is 0 Å². The lowest BCUT2D eigenvalue weighted by Crippen LogP contribution is -2.33. The molecule has 0 saturated heterocycles. The fraction of sp³-hybridized carbons (Fsp3) is 0.286. The van der Waals surface area contributed by atoms with Crippen molar-refractivity contribution in [2.24, 2.45) is 5.84 Å². The number of nitrogens with one attached hydrogen (secondary N) is 1. The molecule has 0 saturated carbocycles. The number of nitrogens with two attached hydrogens (primary N) is 1. The number of nitro groups is 1. The molecule has 1 aliphatic rings. The molecule has 0 spiro atoms. The number of para-hydroxylation sites is 1. The van der Waals surface area contributed by atoms with Gasteiger partial charge in [-0.05, 0) is 42.5 Å². The van der Waals surface area contributed by atoms with Crippen LogP contribution in [0, 0.1) is 10.1 Å². The van der Waals surface area contributed by atoms with Crippen molar-refractivity contribution >= 4 is 28.4 Å². The minimum atomic E-state index is -0.375. The lowest BCUT2D eigenvalue weighted by atomic mass is 10.00. The summed E-state index contributed by atoms with van der Waals surface area (Å²) in [6.45, 7) is 2.85. The van der Waals surface area contributed by atoms with Crippen molar-refractivity contribution in [1.29, 1.82) is 0 Å². The van der Waals surface area contributed by atoms with Crippen molar-refractivity contribution < 1.29 is 4.92 Å². The first-order valence-electron chi connectivity index (χ1n) is 6.70. The maximum Gasteiger partial charge on any atom is 0.316 e. The zero-order valence-corrected chi connectivity index (χ0v) is 12.4. The van der Waals surface area contributed by atoms with E-state index in [-0.39, 0.29) is 16.7 Å². The fourth-order valence-corrected chi connectivity index (χ4v) is 3.87. The largest absolute Gasteiger partial charge is 0.359 e. The number of thiophene rings is 1. The summed E-state index contributed by atoms with van der Waals surface area (Å²) in [5, 5.41) is 13.5. The van der Waals surface area contributed by atoms with Crippen LogP contribution < -0.4 is 16.2 Å². The van der Waals surface area contributed by atoms with E-state index < -0.39 is 0 Å². The molecule has 0 aliphatic carbocycles. The van der Waals surface area contributed by atoms with Gasteiger partial charge in [-0.25, -0.2) is 0 Å². The van der Waals surface area contributed by atoms with E-state index in [1.54, 1.807) is 29.5 Å². The number of nitrogen functional groups attached to an aromatic ring is 1. The van der Waals surface area contributed by atoms with Gasteiger partial charge in [0.1, 0.15) is 11.4 Å². The summed E-state index contributed by atoms with van der Waals surface area (Å²) in [4.78, 5) is 14.5. The van der Waals surface area contributed by atoms with Crippen LogP contribution in [0.3, 0.4) is 0 Å². The van der Waals surface area contributed by atoms with Crippen molar-refractivity contribution in [2.45, 2.75) is 19.4 Å². The van der Waals surface area contributed by atoms with E-state index in [2.05, 4.69) is 28.7 Å². The van der Waals surface area contributed by atoms with Gasteiger partial charge in [-0.15, -0.1) is 11.3 Å². The van der Waals surface area contributed by atoms with Crippen LogP contribution in [0.2, 0.25) is 0 Å². The summed E-state index contributed by atoms with van der Waals surface area (Å²) in [6, 6.07) is 7.41. The number of fused-ring (bicyclic) bond motifs is 1. The van der Waals surface area contributed by atoms with Crippen LogP contribution in [-0.2, 0) is 6.42 Å². The molecule has 2 aromatic rings. The fourth-order valence-electron chi connectivity index (χ4n) is 2.91. The Morgan fingerprint density at radius 3 is 3.00 bits per heavy atom. The quantitative estimate of drug-likeness (QED) is 0.517. The van der Waals surface area contributed by atoms with Crippen molar-refractivity contribution in [3.05, 3.63) is 50.2 Å². The van der Waals surface area contributed by atoms with E-state index in [0.29, 0.717) is 11.4 Å². The van der Waals surface area contributed by atoms with Crippen LogP contribution in [-0.4, -0.2) is 11.5 Å². The summed E-state index contributed by atoms with van der Waals surface area (Å²) in [5.74, 6) is 5.41. The molecule has 6 nitrogen and oxygen atoms in total. The molecule has 3 N–H and O–H groups in total. The highest BCUT2D eigenvalue weighted by Crippen LogP contribution is 2.42. The Balaban J connectivity index is 2.08. The number of nitrogens with zero attached hydrogens (tertiary/aromatic N) is 2. The van der Waals surface area contributed by atoms with Gasteiger partial charge in [-0.1, -0.05) is 6.07 Å². The first-order valence-corrected chi connectivity index (χ1v) is 7.58. The van der Waals surface area contributed by atoms with Crippen LogP contribution >= 0.6 is 11.3 Å². The molecule has 0 amide bonds. The average molecular weight is 304 g/mol. The summed E-state index contributed by atoms with van der Waals surface area (Å²) in [5.41, 5.74) is 4.65. The maximum atomic E-state index is 11.4. The topological polar surface area (TPSA) is 84.4 Å². The standard InChI is InChI=1S/C14H16N4O2S/c1-9-10-6-8-21-13(10)5-7-17(9)12-4-2-3-11(16-15)14(12)18(19)20/h2-4,6,8-9,16H,5,7,15H2,1H3. The molecule has 0 fully saturated rings. The summed E-state index contributed by atoms with van der Waals surface area (Å²) in [6.07, 6.45) is 0.911. The third-order valence-electron chi connectivity index (χ3n) is 3.94. The molecule has 0 bridgehead atoms. The summed E-state index contributed by atoms with van der Waals surface area (Å²) < 4.78 is 0. The van der Waals surface area contributed by atoms with E-state index in [4.69, 9.17) is 5.84 Å². The van der Waals surface area contributed by atoms with E-state index in [1.807, 2.05) is 0 Å². The number of hydrogen-bond donors (Lipinski definition) is 2.